The lowest BCUT2D eigenvalue weighted by Crippen LogP contribution is -2.42. The van der Waals surface area contributed by atoms with Crippen molar-refractivity contribution in [3.05, 3.63) is 54.2 Å². The lowest BCUT2D eigenvalue weighted by molar-refractivity contribution is -0.746. The maximum Gasteiger partial charge on any atom is 0.256 e. The van der Waals surface area contributed by atoms with Crippen LogP contribution in [0.1, 0.15) is 26.0 Å². The van der Waals surface area contributed by atoms with Crippen molar-refractivity contribution in [3.8, 4) is 17.4 Å². The summed E-state index contributed by atoms with van der Waals surface area (Å²) in [6.07, 6.45) is -0.192. The van der Waals surface area contributed by atoms with Gasteiger partial charge in [-0.25, -0.2) is 0 Å². The molecule has 1 atom stereocenters. The number of hydrogen-bond donors (Lipinski definition) is 1. The molecule has 1 fully saturated rings. The molecule has 2 heterocycles. The van der Waals surface area contributed by atoms with Gasteiger partial charge in [-0.05, 0) is 74.6 Å². The number of rotatable bonds is 10. The predicted molar refractivity (Wildman–Crippen MR) is 135 cm³/mol. The molecule has 1 aliphatic heterocycles. The third kappa shape index (κ3) is 5.64. The average Bonchev–Trinajstić information content (AvgIpc) is 3.31. The van der Waals surface area contributed by atoms with Crippen molar-refractivity contribution in [1.29, 1.82) is 0 Å². The van der Waals surface area contributed by atoms with E-state index in [0.29, 0.717) is 36.1 Å². The van der Waals surface area contributed by atoms with Gasteiger partial charge in [-0.15, -0.1) is 0 Å². The van der Waals surface area contributed by atoms with E-state index in [4.69, 9.17) is 26.2 Å². The number of ether oxygens (including phenoxy) is 2. The second-order valence-corrected chi connectivity index (χ2v) is 8.53. The SMILES string of the molecule is CCOc1ccc(NC(=O)CC2C(=O)N(c3ccc(OCC)cc3)C(=S)N2Cc2c([O-])on[n+]2C)cc1. The Labute approximate surface area is 219 Å². The summed E-state index contributed by atoms with van der Waals surface area (Å²) in [7, 11) is 1.55. The van der Waals surface area contributed by atoms with Crippen LogP contribution < -0.4 is 29.5 Å². The summed E-state index contributed by atoms with van der Waals surface area (Å²) < 4.78 is 16.9. The van der Waals surface area contributed by atoms with E-state index in [1.807, 2.05) is 13.8 Å². The van der Waals surface area contributed by atoms with Crippen LogP contribution in [0.3, 0.4) is 0 Å². The standard InChI is InChI=1S/C25H27N5O6S/c1-4-34-18-10-6-16(7-11-18)26-22(31)14-20-23(32)30(17-8-12-19(13-9-17)35-5-2)25(37)29(20)15-21-24(33)36-27-28(21)3/h6-13,20H,4-5,14-15H2,1-3H3,(H-,26,27,31,33). The quantitative estimate of drug-likeness (QED) is 0.312. The van der Waals surface area contributed by atoms with Crippen molar-refractivity contribution in [1.82, 2.24) is 10.2 Å². The van der Waals surface area contributed by atoms with Gasteiger partial charge >= 0.3 is 0 Å². The predicted octanol–water partition coefficient (Wildman–Crippen LogP) is 1.90. The fourth-order valence-electron chi connectivity index (χ4n) is 3.96. The van der Waals surface area contributed by atoms with Crippen LogP contribution in [0.5, 0.6) is 17.4 Å². The Morgan fingerprint density at radius 2 is 1.70 bits per heavy atom. The van der Waals surface area contributed by atoms with Crippen molar-refractivity contribution < 1.29 is 33.4 Å². The monoisotopic (exact) mass is 525 g/mol. The van der Waals surface area contributed by atoms with Gasteiger partial charge in [-0.1, -0.05) is 4.68 Å². The molecule has 2 aromatic carbocycles. The van der Waals surface area contributed by atoms with Crippen molar-refractivity contribution in [2.24, 2.45) is 7.05 Å². The number of anilines is 2. The largest absolute Gasteiger partial charge is 0.539 e. The number of nitrogens with zero attached hydrogens (tertiary/aromatic N) is 4. The molecule has 194 valence electrons. The van der Waals surface area contributed by atoms with E-state index in [1.54, 1.807) is 60.5 Å². The molecule has 1 N–H and O–H groups in total. The van der Waals surface area contributed by atoms with Crippen molar-refractivity contribution in [2.45, 2.75) is 32.9 Å². The molecule has 12 heteroatoms. The first-order chi connectivity index (χ1) is 17.8. The lowest BCUT2D eigenvalue weighted by Gasteiger charge is -2.22. The van der Waals surface area contributed by atoms with Crippen LogP contribution in [0.15, 0.2) is 53.1 Å². The minimum Gasteiger partial charge on any atom is -0.539 e. The molecule has 0 bridgehead atoms. The van der Waals surface area contributed by atoms with Gasteiger partial charge in [-0.2, -0.15) is 0 Å². The van der Waals surface area contributed by atoms with Crippen LogP contribution in [0.4, 0.5) is 11.4 Å². The molecule has 0 saturated carbocycles. The van der Waals surface area contributed by atoms with Gasteiger partial charge in [0.15, 0.2) is 18.1 Å². The molecule has 3 aromatic rings. The van der Waals surface area contributed by atoms with E-state index in [0.717, 1.165) is 0 Å². The summed E-state index contributed by atoms with van der Waals surface area (Å²) in [6.45, 7) is 4.75. The first-order valence-corrected chi connectivity index (χ1v) is 12.1. The molecule has 1 unspecified atom stereocenters. The number of carbonyl (C=O) groups excluding carboxylic acids is 2. The second kappa shape index (κ2) is 11.2. The number of aromatic nitrogens is 2. The fraction of sp³-hybridized carbons (Fsp3) is 0.320. The zero-order valence-electron chi connectivity index (χ0n) is 20.7. The number of nitrogens with one attached hydrogen (secondary N) is 1. The molecule has 0 spiro atoms. The van der Waals surface area contributed by atoms with Crippen LogP contribution in [-0.4, -0.2) is 46.4 Å². The Bertz CT molecular complexity index is 1260. The third-order valence-electron chi connectivity index (χ3n) is 5.74. The van der Waals surface area contributed by atoms with Gasteiger partial charge in [0.1, 0.15) is 24.1 Å². The highest BCUT2D eigenvalue weighted by Crippen LogP contribution is 2.30. The first-order valence-electron chi connectivity index (χ1n) is 11.7. The Balaban J connectivity index is 1.57. The maximum absolute atomic E-state index is 13.6. The summed E-state index contributed by atoms with van der Waals surface area (Å²) in [5.41, 5.74) is 1.28. The van der Waals surface area contributed by atoms with Gasteiger partial charge in [0.25, 0.3) is 11.6 Å². The summed E-state index contributed by atoms with van der Waals surface area (Å²) in [5, 5.41) is 18.8. The molecular weight excluding hydrogens is 498 g/mol. The van der Waals surface area contributed by atoms with E-state index in [-0.39, 0.29) is 35.6 Å². The van der Waals surface area contributed by atoms with Crippen LogP contribution in [-0.2, 0) is 23.2 Å². The maximum atomic E-state index is 13.6. The topological polar surface area (TPSA) is 124 Å². The van der Waals surface area contributed by atoms with Crippen LogP contribution in [0.25, 0.3) is 0 Å². The second-order valence-electron chi connectivity index (χ2n) is 8.17. The summed E-state index contributed by atoms with van der Waals surface area (Å²) in [4.78, 5) is 29.5. The van der Waals surface area contributed by atoms with Gasteiger partial charge < -0.3 is 29.3 Å². The summed E-state index contributed by atoms with van der Waals surface area (Å²) in [6, 6.07) is 12.9. The minimum atomic E-state index is -0.948. The smallest absolute Gasteiger partial charge is 0.256 e. The number of hydrogen-bond acceptors (Lipinski definition) is 8. The highest BCUT2D eigenvalue weighted by molar-refractivity contribution is 7.80. The first kappa shape index (κ1) is 25.9. The Hall–Kier alpha value is -4.19. The molecule has 0 aliphatic carbocycles. The molecule has 1 saturated heterocycles. The third-order valence-corrected chi connectivity index (χ3v) is 6.16. The zero-order valence-corrected chi connectivity index (χ0v) is 21.5. The minimum absolute atomic E-state index is 0.0576. The molecule has 4 rings (SSSR count). The Kier molecular flexibility index (Phi) is 7.87. The summed E-state index contributed by atoms with van der Waals surface area (Å²) in [5.74, 6) is -0.0817. The molecule has 2 amide bonds. The number of aryl methyl sites for hydroxylation is 1. The van der Waals surface area contributed by atoms with Crippen molar-refractivity contribution >= 4 is 40.5 Å². The normalized spacial score (nSPS) is 15.3. The Morgan fingerprint density at radius 3 is 2.24 bits per heavy atom. The van der Waals surface area contributed by atoms with Crippen LogP contribution in [0.2, 0.25) is 0 Å². The fourth-order valence-corrected chi connectivity index (χ4v) is 4.35. The van der Waals surface area contributed by atoms with E-state index < -0.39 is 12.0 Å². The molecule has 37 heavy (non-hydrogen) atoms. The number of thiocarbonyl (C=S) groups is 1. The van der Waals surface area contributed by atoms with Crippen molar-refractivity contribution in [3.63, 3.8) is 0 Å². The van der Waals surface area contributed by atoms with E-state index in [1.165, 1.54) is 9.58 Å². The molecular formula is C25H27N5O6S. The summed E-state index contributed by atoms with van der Waals surface area (Å²) >= 11 is 5.66. The van der Waals surface area contributed by atoms with Crippen LogP contribution >= 0.6 is 12.2 Å². The zero-order chi connectivity index (χ0) is 26.5. The van der Waals surface area contributed by atoms with E-state index in [9.17, 15) is 14.7 Å². The van der Waals surface area contributed by atoms with E-state index in [2.05, 4.69) is 10.6 Å². The molecule has 11 nitrogen and oxygen atoms in total. The number of amides is 2. The van der Waals surface area contributed by atoms with E-state index >= 15 is 0 Å². The molecule has 0 radical (unpaired) electrons. The lowest BCUT2D eigenvalue weighted by atomic mass is 10.1. The number of carbonyl (C=O) groups is 2. The van der Waals surface area contributed by atoms with Crippen LogP contribution in [0, 0.1) is 0 Å². The van der Waals surface area contributed by atoms with Gasteiger partial charge in [0.2, 0.25) is 5.91 Å². The highest BCUT2D eigenvalue weighted by atomic mass is 32.1. The molecule has 1 aliphatic rings. The van der Waals surface area contributed by atoms with Gasteiger partial charge in [-0.3, -0.25) is 14.5 Å². The molecule has 1 aromatic heterocycles. The van der Waals surface area contributed by atoms with Gasteiger partial charge in [0.05, 0.1) is 30.6 Å². The number of benzene rings is 2. The highest BCUT2D eigenvalue weighted by Gasteiger charge is 2.45. The van der Waals surface area contributed by atoms with Crippen molar-refractivity contribution in [2.75, 3.05) is 23.4 Å². The average molecular weight is 526 g/mol. The Morgan fingerprint density at radius 1 is 1.11 bits per heavy atom. The van der Waals surface area contributed by atoms with Gasteiger partial charge in [0, 0.05) is 5.69 Å².